The lowest BCUT2D eigenvalue weighted by Gasteiger charge is -2.27. The van der Waals surface area contributed by atoms with Gasteiger partial charge in [-0.25, -0.2) is 9.97 Å². The van der Waals surface area contributed by atoms with E-state index in [4.69, 9.17) is 4.74 Å². The SMILES string of the molecule is O=[N+]([O-])c1c(Nc2cccc3cccnc23)ncnc1N1CCOCC1. The molecule has 1 aromatic carbocycles. The first-order valence-electron chi connectivity index (χ1n) is 8.17. The monoisotopic (exact) mass is 352 g/mol. The maximum absolute atomic E-state index is 11.8. The van der Waals surface area contributed by atoms with E-state index in [1.54, 1.807) is 6.20 Å². The number of nitrogens with one attached hydrogen (secondary N) is 1. The molecule has 26 heavy (non-hydrogen) atoms. The molecule has 0 bridgehead atoms. The molecule has 132 valence electrons. The van der Waals surface area contributed by atoms with Gasteiger partial charge in [-0.3, -0.25) is 15.1 Å². The second-order valence-corrected chi connectivity index (χ2v) is 5.76. The van der Waals surface area contributed by atoms with Crippen molar-refractivity contribution in [2.75, 3.05) is 36.5 Å². The number of fused-ring (bicyclic) bond motifs is 1. The van der Waals surface area contributed by atoms with Gasteiger partial charge in [-0.15, -0.1) is 0 Å². The van der Waals surface area contributed by atoms with E-state index in [0.717, 1.165) is 10.9 Å². The van der Waals surface area contributed by atoms with Crippen LogP contribution in [0.4, 0.5) is 23.0 Å². The highest BCUT2D eigenvalue weighted by atomic mass is 16.6. The molecule has 3 aromatic rings. The smallest absolute Gasteiger partial charge is 0.353 e. The molecule has 0 saturated carbocycles. The molecule has 0 spiro atoms. The average molecular weight is 352 g/mol. The predicted octanol–water partition coefficient (Wildman–Crippen LogP) is 2.51. The van der Waals surface area contributed by atoms with E-state index in [1.807, 2.05) is 35.2 Å². The Labute approximate surface area is 148 Å². The van der Waals surface area contributed by atoms with E-state index >= 15 is 0 Å². The van der Waals surface area contributed by atoms with Gasteiger partial charge in [0.2, 0.25) is 11.6 Å². The van der Waals surface area contributed by atoms with Gasteiger partial charge in [-0.05, 0) is 12.1 Å². The fourth-order valence-electron chi connectivity index (χ4n) is 2.97. The van der Waals surface area contributed by atoms with E-state index in [2.05, 4.69) is 20.3 Å². The lowest BCUT2D eigenvalue weighted by molar-refractivity contribution is -0.383. The summed E-state index contributed by atoms with van der Waals surface area (Å²) in [5.74, 6) is 0.439. The third kappa shape index (κ3) is 3.00. The second kappa shape index (κ2) is 6.89. The van der Waals surface area contributed by atoms with Gasteiger partial charge in [-0.1, -0.05) is 18.2 Å². The zero-order chi connectivity index (χ0) is 17.9. The second-order valence-electron chi connectivity index (χ2n) is 5.76. The molecular formula is C17H16N6O3. The molecule has 1 aliphatic heterocycles. The summed E-state index contributed by atoms with van der Waals surface area (Å²) in [5.41, 5.74) is 1.22. The number of anilines is 3. The summed E-state index contributed by atoms with van der Waals surface area (Å²) < 4.78 is 5.32. The van der Waals surface area contributed by atoms with Crippen molar-refractivity contribution < 1.29 is 9.66 Å². The average Bonchev–Trinajstić information content (AvgIpc) is 2.68. The van der Waals surface area contributed by atoms with Crippen LogP contribution in [0.15, 0.2) is 42.9 Å². The number of hydrogen-bond acceptors (Lipinski definition) is 8. The number of benzene rings is 1. The van der Waals surface area contributed by atoms with Crippen LogP contribution in [0.25, 0.3) is 10.9 Å². The minimum absolute atomic E-state index is 0.143. The van der Waals surface area contributed by atoms with Gasteiger partial charge < -0.3 is 15.0 Å². The first kappa shape index (κ1) is 16.2. The number of nitrogens with zero attached hydrogens (tertiary/aromatic N) is 5. The number of nitro groups is 1. The van der Waals surface area contributed by atoms with Crippen LogP contribution in [-0.2, 0) is 4.74 Å². The van der Waals surface area contributed by atoms with Crippen molar-refractivity contribution in [3.05, 3.63) is 53.0 Å². The van der Waals surface area contributed by atoms with Crippen LogP contribution in [0, 0.1) is 10.1 Å². The summed E-state index contributed by atoms with van der Waals surface area (Å²) in [7, 11) is 0. The number of morpholine rings is 1. The molecule has 0 aliphatic carbocycles. The molecule has 2 aromatic heterocycles. The normalized spacial score (nSPS) is 14.4. The maximum atomic E-state index is 11.8. The molecule has 1 saturated heterocycles. The lowest BCUT2D eigenvalue weighted by Crippen LogP contribution is -2.37. The van der Waals surface area contributed by atoms with Crippen molar-refractivity contribution >= 4 is 33.9 Å². The summed E-state index contributed by atoms with van der Waals surface area (Å²) in [6.07, 6.45) is 3.01. The van der Waals surface area contributed by atoms with Gasteiger partial charge in [0.25, 0.3) is 0 Å². The Morgan fingerprint density at radius 1 is 1.12 bits per heavy atom. The van der Waals surface area contributed by atoms with Crippen molar-refractivity contribution in [1.29, 1.82) is 0 Å². The number of rotatable bonds is 4. The molecule has 1 aliphatic rings. The van der Waals surface area contributed by atoms with Crippen LogP contribution >= 0.6 is 0 Å². The number of ether oxygens (including phenoxy) is 1. The molecule has 0 amide bonds. The predicted molar refractivity (Wildman–Crippen MR) is 96.7 cm³/mol. The Bertz CT molecular complexity index is 953. The summed E-state index contributed by atoms with van der Waals surface area (Å²) in [5, 5.41) is 15.7. The van der Waals surface area contributed by atoms with Crippen molar-refractivity contribution in [3.63, 3.8) is 0 Å². The highest BCUT2D eigenvalue weighted by Gasteiger charge is 2.28. The molecular weight excluding hydrogens is 336 g/mol. The lowest BCUT2D eigenvalue weighted by atomic mass is 10.2. The van der Waals surface area contributed by atoms with Crippen LogP contribution in [0.5, 0.6) is 0 Å². The molecule has 4 rings (SSSR count). The Balaban J connectivity index is 1.77. The van der Waals surface area contributed by atoms with E-state index < -0.39 is 4.92 Å². The molecule has 0 atom stereocenters. The van der Waals surface area contributed by atoms with E-state index in [9.17, 15) is 10.1 Å². The van der Waals surface area contributed by atoms with Crippen LogP contribution in [0.1, 0.15) is 0 Å². The first-order valence-corrected chi connectivity index (χ1v) is 8.17. The van der Waals surface area contributed by atoms with Crippen LogP contribution in [-0.4, -0.2) is 46.2 Å². The van der Waals surface area contributed by atoms with Gasteiger partial charge in [0.15, 0.2) is 0 Å². The van der Waals surface area contributed by atoms with Gasteiger partial charge in [-0.2, -0.15) is 0 Å². The number of hydrogen-bond donors (Lipinski definition) is 1. The molecule has 1 N–H and O–H groups in total. The van der Waals surface area contributed by atoms with Gasteiger partial charge in [0.1, 0.15) is 6.33 Å². The molecule has 0 unspecified atom stereocenters. The number of pyridine rings is 1. The minimum atomic E-state index is -0.453. The van der Waals surface area contributed by atoms with Crippen molar-refractivity contribution in [2.45, 2.75) is 0 Å². The largest absolute Gasteiger partial charge is 0.378 e. The van der Waals surface area contributed by atoms with E-state index in [-0.39, 0.29) is 11.5 Å². The summed E-state index contributed by atoms with van der Waals surface area (Å²) in [4.78, 5) is 25.8. The molecule has 0 radical (unpaired) electrons. The Morgan fingerprint density at radius 3 is 2.73 bits per heavy atom. The van der Waals surface area contributed by atoms with Crippen molar-refractivity contribution in [2.24, 2.45) is 0 Å². The van der Waals surface area contributed by atoms with Crippen LogP contribution < -0.4 is 10.2 Å². The highest BCUT2D eigenvalue weighted by Crippen LogP contribution is 2.35. The quantitative estimate of drug-likeness (QED) is 0.564. The fraction of sp³-hybridized carbons (Fsp3) is 0.235. The van der Waals surface area contributed by atoms with Crippen molar-refractivity contribution in [3.8, 4) is 0 Å². The summed E-state index contributed by atoms with van der Waals surface area (Å²) >= 11 is 0. The number of para-hydroxylation sites is 1. The Kier molecular flexibility index (Phi) is 4.28. The van der Waals surface area contributed by atoms with Gasteiger partial charge in [0.05, 0.1) is 29.3 Å². The van der Waals surface area contributed by atoms with Gasteiger partial charge in [0, 0.05) is 24.7 Å². The topological polar surface area (TPSA) is 106 Å². The fourth-order valence-corrected chi connectivity index (χ4v) is 2.97. The molecule has 3 heterocycles. The van der Waals surface area contributed by atoms with E-state index in [1.165, 1.54) is 6.33 Å². The Morgan fingerprint density at radius 2 is 1.92 bits per heavy atom. The van der Waals surface area contributed by atoms with Gasteiger partial charge >= 0.3 is 5.69 Å². The van der Waals surface area contributed by atoms with Crippen LogP contribution in [0.2, 0.25) is 0 Å². The third-order valence-corrected chi connectivity index (χ3v) is 4.18. The molecule has 9 heteroatoms. The van der Waals surface area contributed by atoms with Crippen molar-refractivity contribution in [1.82, 2.24) is 15.0 Å². The number of aromatic nitrogens is 3. The summed E-state index contributed by atoms with van der Waals surface area (Å²) in [6, 6.07) is 9.38. The zero-order valence-corrected chi connectivity index (χ0v) is 13.8. The Hall–Kier alpha value is -3.33. The maximum Gasteiger partial charge on any atom is 0.353 e. The van der Waals surface area contributed by atoms with Crippen LogP contribution in [0.3, 0.4) is 0 Å². The summed E-state index contributed by atoms with van der Waals surface area (Å²) in [6.45, 7) is 2.12. The highest BCUT2D eigenvalue weighted by molar-refractivity contribution is 5.92. The minimum Gasteiger partial charge on any atom is -0.378 e. The zero-order valence-electron chi connectivity index (χ0n) is 13.8. The standard InChI is InChI=1S/C17H16N6O3/c24-23(25)15-16(19-11-20-17(15)22-7-9-26-10-8-22)21-13-5-1-3-12-4-2-6-18-14(12)13/h1-6,11H,7-10H2,(H,19,20,21). The molecule has 9 nitrogen and oxygen atoms in total. The molecule has 1 fully saturated rings. The van der Waals surface area contributed by atoms with E-state index in [0.29, 0.717) is 37.8 Å². The third-order valence-electron chi connectivity index (χ3n) is 4.18. The first-order chi connectivity index (χ1) is 12.7.